The molecule has 1 aromatic heterocycles. The second-order valence-corrected chi connectivity index (χ2v) is 4.69. The van der Waals surface area contributed by atoms with Crippen molar-refractivity contribution >= 4 is 17.5 Å². The molecule has 0 amide bonds. The average molecular weight is 263 g/mol. The molecule has 2 heterocycles. The van der Waals surface area contributed by atoms with E-state index in [-0.39, 0.29) is 11.9 Å². The predicted octanol–water partition coefficient (Wildman–Crippen LogP) is 1.90. The number of hydrogen-bond donors (Lipinski definition) is 1. The molecule has 5 nitrogen and oxygen atoms in total. The number of pyridine rings is 1. The standard InChI is InChI=1S/C14H21N3O2/c1-3-19-14(18)11-5-4-8-17(10-11)12-6-7-13(15-2)16-9-12/h6-7,9,11H,3-5,8,10H2,1-2H3,(H,15,16). The van der Waals surface area contributed by atoms with Gasteiger partial charge in [0, 0.05) is 20.1 Å². The SMILES string of the molecule is CCOC(=O)C1CCCN(c2ccc(NC)nc2)C1. The highest BCUT2D eigenvalue weighted by Gasteiger charge is 2.27. The highest BCUT2D eigenvalue weighted by Crippen LogP contribution is 2.24. The van der Waals surface area contributed by atoms with E-state index < -0.39 is 0 Å². The van der Waals surface area contributed by atoms with Crippen LogP contribution in [0.15, 0.2) is 18.3 Å². The van der Waals surface area contributed by atoms with Crippen LogP contribution in [-0.4, -0.2) is 37.7 Å². The van der Waals surface area contributed by atoms with Crippen molar-refractivity contribution < 1.29 is 9.53 Å². The number of rotatable bonds is 4. The molecule has 0 saturated carbocycles. The number of carbonyl (C=O) groups excluding carboxylic acids is 1. The van der Waals surface area contributed by atoms with E-state index in [0.717, 1.165) is 37.4 Å². The number of anilines is 2. The summed E-state index contributed by atoms with van der Waals surface area (Å²) in [6, 6.07) is 3.98. The molecule has 0 bridgehead atoms. The van der Waals surface area contributed by atoms with Crippen LogP contribution < -0.4 is 10.2 Å². The number of piperidine rings is 1. The lowest BCUT2D eigenvalue weighted by molar-refractivity contribution is -0.148. The zero-order chi connectivity index (χ0) is 13.7. The molecule has 1 aliphatic rings. The van der Waals surface area contributed by atoms with Crippen LogP contribution in [0.4, 0.5) is 11.5 Å². The Balaban J connectivity index is 2.01. The third kappa shape index (κ3) is 3.36. The maximum atomic E-state index is 11.8. The van der Waals surface area contributed by atoms with Crippen LogP contribution in [0.1, 0.15) is 19.8 Å². The molecule has 1 aromatic rings. The van der Waals surface area contributed by atoms with Gasteiger partial charge in [-0.25, -0.2) is 4.98 Å². The summed E-state index contributed by atoms with van der Waals surface area (Å²) in [5.41, 5.74) is 1.06. The number of nitrogens with one attached hydrogen (secondary N) is 1. The third-order valence-electron chi connectivity index (χ3n) is 3.41. The van der Waals surface area contributed by atoms with E-state index in [1.54, 1.807) is 0 Å². The van der Waals surface area contributed by atoms with E-state index in [0.29, 0.717) is 6.61 Å². The topological polar surface area (TPSA) is 54.5 Å². The van der Waals surface area contributed by atoms with Crippen LogP contribution in [0.3, 0.4) is 0 Å². The van der Waals surface area contributed by atoms with Crippen molar-refractivity contribution in [1.82, 2.24) is 4.98 Å². The molecule has 1 saturated heterocycles. The van der Waals surface area contributed by atoms with Crippen LogP contribution in [-0.2, 0) is 9.53 Å². The van der Waals surface area contributed by atoms with Gasteiger partial charge in [-0.05, 0) is 31.9 Å². The van der Waals surface area contributed by atoms with E-state index in [9.17, 15) is 4.79 Å². The molecule has 0 aromatic carbocycles. The molecular weight excluding hydrogens is 242 g/mol. The Morgan fingerprint density at radius 2 is 2.42 bits per heavy atom. The van der Waals surface area contributed by atoms with E-state index in [4.69, 9.17) is 4.74 Å². The molecule has 1 N–H and O–H groups in total. The van der Waals surface area contributed by atoms with Gasteiger partial charge in [0.15, 0.2) is 0 Å². The first-order chi connectivity index (χ1) is 9.24. The minimum Gasteiger partial charge on any atom is -0.466 e. The molecule has 5 heteroatoms. The first-order valence-corrected chi connectivity index (χ1v) is 6.80. The first-order valence-electron chi connectivity index (χ1n) is 6.80. The van der Waals surface area contributed by atoms with Crippen molar-refractivity contribution in [3.05, 3.63) is 18.3 Å². The van der Waals surface area contributed by atoms with E-state index in [2.05, 4.69) is 15.2 Å². The van der Waals surface area contributed by atoms with Gasteiger partial charge in [0.05, 0.1) is 24.4 Å². The summed E-state index contributed by atoms with van der Waals surface area (Å²) >= 11 is 0. The number of nitrogens with zero attached hydrogens (tertiary/aromatic N) is 2. The van der Waals surface area contributed by atoms with E-state index in [1.807, 2.05) is 32.3 Å². The second-order valence-electron chi connectivity index (χ2n) is 4.69. The number of ether oxygens (including phenoxy) is 1. The van der Waals surface area contributed by atoms with Crippen LogP contribution in [0, 0.1) is 5.92 Å². The maximum Gasteiger partial charge on any atom is 0.310 e. The van der Waals surface area contributed by atoms with E-state index in [1.165, 1.54) is 0 Å². The number of esters is 1. The van der Waals surface area contributed by atoms with Gasteiger partial charge in [-0.15, -0.1) is 0 Å². The molecule has 1 fully saturated rings. The lowest BCUT2D eigenvalue weighted by Gasteiger charge is -2.33. The van der Waals surface area contributed by atoms with Crippen LogP contribution in [0.5, 0.6) is 0 Å². The molecule has 2 rings (SSSR count). The van der Waals surface area contributed by atoms with Crippen molar-refractivity contribution in [3.8, 4) is 0 Å². The Hall–Kier alpha value is -1.78. The van der Waals surface area contributed by atoms with Gasteiger partial charge in [0.2, 0.25) is 0 Å². The summed E-state index contributed by atoms with van der Waals surface area (Å²) in [6.07, 6.45) is 3.77. The molecule has 104 valence electrons. The Bertz CT molecular complexity index is 419. The zero-order valence-electron chi connectivity index (χ0n) is 11.6. The molecular formula is C14H21N3O2. The summed E-state index contributed by atoms with van der Waals surface area (Å²) in [5, 5.41) is 3.00. The number of hydrogen-bond acceptors (Lipinski definition) is 5. The summed E-state index contributed by atoms with van der Waals surface area (Å²) in [5.74, 6) is 0.757. The fourth-order valence-electron chi connectivity index (χ4n) is 2.39. The van der Waals surface area contributed by atoms with Crippen molar-refractivity contribution in [2.45, 2.75) is 19.8 Å². The Morgan fingerprint density at radius 3 is 3.05 bits per heavy atom. The van der Waals surface area contributed by atoms with Gasteiger partial charge in [0.1, 0.15) is 5.82 Å². The fraction of sp³-hybridized carbons (Fsp3) is 0.571. The number of aromatic nitrogens is 1. The minimum atomic E-state index is -0.0768. The normalized spacial score (nSPS) is 19.1. The predicted molar refractivity (Wildman–Crippen MR) is 75.4 cm³/mol. The van der Waals surface area contributed by atoms with Crippen molar-refractivity contribution in [2.24, 2.45) is 5.92 Å². The number of carbonyl (C=O) groups is 1. The molecule has 0 spiro atoms. The Labute approximate surface area is 114 Å². The van der Waals surface area contributed by atoms with Crippen molar-refractivity contribution in [1.29, 1.82) is 0 Å². The molecule has 0 aliphatic carbocycles. The van der Waals surface area contributed by atoms with Crippen LogP contribution >= 0.6 is 0 Å². The molecule has 19 heavy (non-hydrogen) atoms. The molecule has 1 atom stereocenters. The highest BCUT2D eigenvalue weighted by molar-refractivity contribution is 5.73. The van der Waals surface area contributed by atoms with Gasteiger partial charge in [0.25, 0.3) is 0 Å². The molecule has 0 radical (unpaired) electrons. The highest BCUT2D eigenvalue weighted by atomic mass is 16.5. The summed E-state index contributed by atoms with van der Waals surface area (Å²) < 4.78 is 5.11. The largest absolute Gasteiger partial charge is 0.466 e. The molecule has 1 aliphatic heterocycles. The summed E-state index contributed by atoms with van der Waals surface area (Å²) in [4.78, 5) is 18.3. The third-order valence-corrected chi connectivity index (χ3v) is 3.41. The van der Waals surface area contributed by atoms with Gasteiger partial charge in [-0.2, -0.15) is 0 Å². The monoisotopic (exact) mass is 263 g/mol. The van der Waals surface area contributed by atoms with Gasteiger partial charge in [-0.1, -0.05) is 0 Å². The molecule has 1 unspecified atom stereocenters. The van der Waals surface area contributed by atoms with Crippen molar-refractivity contribution in [2.75, 3.05) is 37.0 Å². The van der Waals surface area contributed by atoms with E-state index >= 15 is 0 Å². The fourth-order valence-corrected chi connectivity index (χ4v) is 2.39. The van der Waals surface area contributed by atoms with Gasteiger partial charge in [-0.3, -0.25) is 4.79 Å². The summed E-state index contributed by atoms with van der Waals surface area (Å²) in [7, 11) is 1.85. The smallest absolute Gasteiger partial charge is 0.310 e. The Morgan fingerprint density at radius 1 is 1.58 bits per heavy atom. The van der Waals surface area contributed by atoms with Crippen LogP contribution in [0.25, 0.3) is 0 Å². The minimum absolute atomic E-state index is 0.0160. The summed E-state index contributed by atoms with van der Waals surface area (Å²) in [6.45, 7) is 3.99. The first kappa shape index (κ1) is 13.6. The second kappa shape index (κ2) is 6.41. The lowest BCUT2D eigenvalue weighted by Crippen LogP contribution is -2.39. The lowest BCUT2D eigenvalue weighted by atomic mass is 9.98. The average Bonchev–Trinajstić information content (AvgIpc) is 2.48. The zero-order valence-corrected chi connectivity index (χ0v) is 11.6. The quantitative estimate of drug-likeness (QED) is 0.841. The van der Waals surface area contributed by atoms with Crippen molar-refractivity contribution in [3.63, 3.8) is 0 Å². The van der Waals surface area contributed by atoms with Crippen LogP contribution in [0.2, 0.25) is 0 Å². The maximum absolute atomic E-state index is 11.8. The van der Waals surface area contributed by atoms with Gasteiger partial charge < -0.3 is 15.0 Å². The van der Waals surface area contributed by atoms with Gasteiger partial charge >= 0.3 is 5.97 Å². The Kier molecular flexibility index (Phi) is 4.60.